The van der Waals surface area contributed by atoms with Crippen LogP contribution in [0.25, 0.3) is 10.2 Å². The maximum absolute atomic E-state index is 8.36. The zero-order valence-corrected chi connectivity index (χ0v) is 8.28. The molecule has 0 spiro atoms. The van der Waals surface area contributed by atoms with Crippen molar-refractivity contribution in [1.29, 1.82) is 0 Å². The lowest BCUT2D eigenvalue weighted by Gasteiger charge is -1.95. The number of hydrogen-bond donors (Lipinski definition) is 2. The van der Waals surface area contributed by atoms with E-state index in [0.29, 0.717) is 5.82 Å². The summed E-state index contributed by atoms with van der Waals surface area (Å²) in [5, 5.41) is 8.86. The van der Waals surface area contributed by atoms with Crippen molar-refractivity contribution in [3.8, 4) is 0 Å². The molecule has 0 saturated heterocycles. The monoisotopic (exact) mass is 211 g/mol. The van der Waals surface area contributed by atoms with Gasteiger partial charge in [-0.05, 0) is 18.4 Å². The van der Waals surface area contributed by atoms with Crippen LogP contribution in [0.4, 0.5) is 5.82 Å². The van der Waals surface area contributed by atoms with Gasteiger partial charge in [-0.3, -0.25) is 4.79 Å². The Morgan fingerprint density at radius 3 is 2.86 bits per heavy atom. The number of nitrogens with zero attached hydrogens (tertiary/aromatic N) is 2. The number of aromatic nitrogens is 2. The first-order chi connectivity index (χ1) is 6.69. The van der Waals surface area contributed by atoms with Crippen molar-refractivity contribution in [3.05, 3.63) is 17.3 Å². The van der Waals surface area contributed by atoms with Crippen LogP contribution >= 0.6 is 11.3 Å². The normalized spacial score (nSPS) is 9.21. The summed E-state index contributed by atoms with van der Waals surface area (Å²) in [6, 6.07) is 1.95. The van der Waals surface area contributed by atoms with Crippen LogP contribution in [-0.2, 0) is 4.79 Å². The molecule has 0 aliphatic carbocycles. The van der Waals surface area contributed by atoms with Gasteiger partial charge in [0, 0.05) is 0 Å². The van der Waals surface area contributed by atoms with E-state index in [1.165, 1.54) is 0 Å². The third-order valence-corrected chi connectivity index (χ3v) is 2.37. The van der Waals surface area contributed by atoms with E-state index in [1.54, 1.807) is 11.3 Å². The van der Waals surface area contributed by atoms with E-state index in [-0.39, 0.29) is 6.47 Å². The molecule has 2 aromatic rings. The lowest BCUT2D eigenvalue weighted by molar-refractivity contribution is -0.122. The van der Waals surface area contributed by atoms with Gasteiger partial charge in [-0.25, -0.2) is 9.97 Å². The van der Waals surface area contributed by atoms with Gasteiger partial charge in [0.05, 0.1) is 10.2 Å². The number of rotatable bonds is 0. The molecule has 0 fully saturated rings. The molecule has 0 saturated carbocycles. The molecule has 0 bridgehead atoms. The Morgan fingerprint density at radius 1 is 1.57 bits per heavy atom. The molecule has 2 heterocycles. The molecule has 2 rings (SSSR count). The molecule has 0 unspecified atom stereocenters. The number of aryl methyl sites for hydroxylation is 1. The third-order valence-electron chi connectivity index (χ3n) is 1.44. The second-order valence-electron chi connectivity index (χ2n) is 2.40. The zero-order valence-electron chi connectivity index (χ0n) is 7.47. The maximum atomic E-state index is 8.36. The lowest BCUT2D eigenvalue weighted by Crippen LogP contribution is -1.94. The summed E-state index contributed by atoms with van der Waals surface area (Å²) in [4.78, 5) is 16.6. The van der Waals surface area contributed by atoms with E-state index in [2.05, 4.69) is 9.97 Å². The highest BCUT2D eigenvalue weighted by Gasteiger charge is 2.01. The molecule has 0 atom stereocenters. The van der Waals surface area contributed by atoms with Gasteiger partial charge in [-0.1, -0.05) is 0 Å². The molecule has 14 heavy (non-hydrogen) atoms. The number of anilines is 1. The molecule has 3 N–H and O–H groups in total. The maximum Gasteiger partial charge on any atom is 0.290 e. The summed E-state index contributed by atoms with van der Waals surface area (Å²) in [6.07, 6.45) is 0. The number of carboxylic acid groups (broad SMARTS) is 1. The standard InChI is InChI=1S/C7H7N3S.CH2O2/c1-4-9-5-2-3-11-6(5)7(8)10-4;2-1-3/h2-3H,1H3,(H2,8,9,10);1H,(H,2,3). The fourth-order valence-electron chi connectivity index (χ4n) is 1.01. The summed E-state index contributed by atoms with van der Waals surface area (Å²) < 4.78 is 0.982. The number of fused-ring (bicyclic) bond motifs is 1. The summed E-state index contributed by atoms with van der Waals surface area (Å²) >= 11 is 1.57. The highest BCUT2D eigenvalue weighted by Crippen LogP contribution is 2.22. The quantitative estimate of drug-likeness (QED) is 0.641. The minimum absolute atomic E-state index is 0.250. The topological polar surface area (TPSA) is 89.1 Å². The van der Waals surface area contributed by atoms with E-state index in [4.69, 9.17) is 15.6 Å². The van der Waals surface area contributed by atoms with Crippen molar-refractivity contribution in [1.82, 2.24) is 9.97 Å². The summed E-state index contributed by atoms with van der Waals surface area (Å²) in [6.45, 7) is 1.59. The molecule has 0 aliphatic heterocycles. The first-order valence-corrected chi connectivity index (χ1v) is 4.62. The van der Waals surface area contributed by atoms with Crippen LogP contribution in [-0.4, -0.2) is 21.5 Å². The van der Waals surface area contributed by atoms with Crippen LogP contribution < -0.4 is 5.73 Å². The van der Waals surface area contributed by atoms with E-state index in [1.807, 2.05) is 18.4 Å². The first-order valence-electron chi connectivity index (χ1n) is 3.74. The van der Waals surface area contributed by atoms with Gasteiger partial charge >= 0.3 is 0 Å². The predicted molar refractivity (Wildman–Crippen MR) is 55.3 cm³/mol. The second-order valence-corrected chi connectivity index (χ2v) is 3.31. The van der Waals surface area contributed by atoms with Crippen molar-refractivity contribution in [3.63, 3.8) is 0 Å². The number of thiophene rings is 1. The SMILES string of the molecule is Cc1nc(N)c2sccc2n1.O=CO. The minimum atomic E-state index is -0.250. The smallest absolute Gasteiger partial charge is 0.290 e. The van der Waals surface area contributed by atoms with E-state index in [9.17, 15) is 0 Å². The Balaban J connectivity index is 0.000000293. The minimum Gasteiger partial charge on any atom is -0.483 e. The van der Waals surface area contributed by atoms with Crippen LogP contribution in [0.5, 0.6) is 0 Å². The van der Waals surface area contributed by atoms with Gasteiger partial charge in [0.1, 0.15) is 11.6 Å². The molecular weight excluding hydrogens is 202 g/mol. The molecule has 6 heteroatoms. The van der Waals surface area contributed by atoms with E-state index < -0.39 is 0 Å². The molecule has 0 aromatic carbocycles. The van der Waals surface area contributed by atoms with Gasteiger partial charge in [-0.15, -0.1) is 11.3 Å². The number of hydrogen-bond acceptors (Lipinski definition) is 5. The Bertz CT molecular complexity index is 441. The van der Waals surface area contributed by atoms with E-state index in [0.717, 1.165) is 16.0 Å². The van der Waals surface area contributed by atoms with Gasteiger partial charge in [0.2, 0.25) is 0 Å². The molecular formula is C8H9N3O2S. The van der Waals surface area contributed by atoms with Crippen LogP contribution in [0.1, 0.15) is 5.82 Å². The average Bonchev–Trinajstić information content (AvgIpc) is 2.53. The predicted octanol–water partition coefficient (Wildman–Crippen LogP) is 1.28. The summed E-state index contributed by atoms with van der Waals surface area (Å²) in [5.74, 6) is 1.32. The molecule has 5 nitrogen and oxygen atoms in total. The van der Waals surface area contributed by atoms with Crippen molar-refractivity contribution in [2.75, 3.05) is 5.73 Å². The fourth-order valence-corrected chi connectivity index (χ4v) is 1.74. The lowest BCUT2D eigenvalue weighted by atomic mass is 10.4. The van der Waals surface area contributed by atoms with E-state index >= 15 is 0 Å². The number of nitrogens with two attached hydrogens (primary N) is 1. The number of nitrogen functional groups attached to an aromatic ring is 1. The fraction of sp³-hybridized carbons (Fsp3) is 0.125. The second kappa shape index (κ2) is 4.52. The zero-order chi connectivity index (χ0) is 10.6. The molecule has 0 aliphatic rings. The summed E-state index contributed by atoms with van der Waals surface area (Å²) in [5.41, 5.74) is 6.61. The number of carbonyl (C=O) groups is 1. The Morgan fingerprint density at radius 2 is 2.21 bits per heavy atom. The molecule has 0 amide bonds. The van der Waals surface area contributed by atoms with Gasteiger partial charge in [-0.2, -0.15) is 0 Å². The van der Waals surface area contributed by atoms with Crippen LogP contribution in [0.2, 0.25) is 0 Å². The molecule has 74 valence electrons. The Hall–Kier alpha value is -1.69. The highest BCUT2D eigenvalue weighted by molar-refractivity contribution is 7.17. The van der Waals surface area contributed by atoms with Crippen molar-refractivity contribution in [2.45, 2.75) is 6.92 Å². The van der Waals surface area contributed by atoms with Crippen LogP contribution in [0.3, 0.4) is 0 Å². The van der Waals surface area contributed by atoms with Crippen molar-refractivity contribution in [2.24, 2.45) is 0 Å². The summed E-state index contributed by atoms with van der Waals surface area (Å²) in [7, 11) is 0. The van der Waals surface area contributed by atoms with Crippen LogP contribution in [0.15, 0.2) is 11.4 Å². The highest BCUT2D eigenvalue weighted by atomic mass is 32.1. The van der Waals surface area contributed by atoms with Gasteiger partial charge < -0.3 is 10.8 Å². The van der Waals surface area contributed by atoms with Gasteiger partial charge in [0.15, 0.2) is 0 Å². The molecule has 0 radical (unpaired) electrons. The third kappa shape index (κ3) is 2.17. The average molecular weight is 211 g/mol. The largest absolute Gasteiger partial charge is 0.483 e. The van der Waals surface area contributed by atoms with Crippen molar-refractivity contribution >= 4 is 33.8 Å². The Kier molecular flexibility index (Phi) is 3.35. The Labute approximate surface area is 84.2 Å². The van der Waals surface area contributed by atoms with Gasteiger partial charge in [0.25, 0.3) is 6.47 Å². The van der Waals surface area contributed by atoms with Crippen LogP contribution in [0, 0.1) is 6.92 Å². The first kappa shape index (κ1) is 10.4. The molecule has 2 aromatic heterocycles. The van der Waals surface area contributed by atoms with Crippen molar-refractivity contribution < 1.29 is 9.90 Å².